The Bertz CT molecular complexity index is 663. The van der Waals surface area contributed by atoms with Crippen LogP contribution in [0.25, 0.3) is 0 Å². The Labute approximate surface area is 176 Å². The van der Waals surface area contributed by atoms with Crippen LogP contribution < -0.4 is 4.74 Å². The van der Waals surface area contributed by atoms with Crippen molar-refractivity contribution in [2.45, 2.75) is 91.3 Å². The summed E-state index contributed by atoms with van der Waals surface area (Å²) in [6.07, 6.45) is 4.43. The number of rotatable bonds is 9. The Morgan fingerprint density at radius 3 is 2.41 bits per heavy atom. The van der Waals surface area contributed by atoms with Gasteiger partial charge in [-0.25, -0.2) is 4.98 Å². The molecular weight excluding hydrogens is 366 g/mol. The molecule has 1 aromatic heterocycles. The van der Waals surface area contributed by atoms with Gasteiger partial charge in [0.05, 0.1) is 36.7 Å². The van der Waals surface area contributed by atoms with Crippen molar-refractivity contribution >= 4 is 0 Å². The van der Waals surface area contributed by atoms with Crippen LogP contribution in [0.2, 0.25) is 0 Å². The Morgan fingerprint density at radius 2 is 1.83 bits per heavy atom. The molecular formula is C24H37NO4. The second-order valence-electron chi connectivity index (χ2n) is 9.14. The van der Waals surface area contributed by atoms with Gasteiger partial charge in [-0.15, -0.1) is 0 Å². The summed E-state index contributed by atoms with van der Waals surface area (Å²) in [6.45, 7) is 15.5. The molecule has 1 heterocycles. The highest BCUT2D eigenvalue weighted by atomic mass is 16.5. The molecule has 5 heteroatoms. The summed E-state index contributed by atoms with van der Waals surface area (Å²) < 4.78 is 23.3. The Balaban J connectivity index is 1.66. The predicted molar refractivity (Wildman–Crippen MR) is 115 cm³/mol. The maximum atomic E-state index is 6.00. The van der Waals surface area contributed by atoms with Gasteiger partial charge in [0.15, 0.2) is 0 Å². The lowest BCUT2D eigenvalue weighted by molar-refractivity contribution is -0.103. The maximum Gasteiger partial charge on any atom is 0.138 e. The maximum absolute atomic E-state index is 6.00. The van der Waals surface area contributed by atoms with Crippen LogP contribution in [0.15, 0.2) is 18.3 Å². The zero-order chi connectivity index (χ0) is 21.4. The topological polar surface area (TPSA) is 49.8 Å². The van der Waals surface area contributed by atoms with Crippen LogP contribution in [0.3, 0.4) is 0 Å². The second kappa shape index (κ2) is 11.0. The molecule has 0 aliphatic heterocycles. The first-order valence-electron chi connectivity index (χ1n) is 10.6. The van der Waals surface area contributed by atoms with Gasteiger partial charge >= 0.3 is 0 Å². The van der Waals surface area contributed by atoms with E-state index < -0.39 is 0 Å². The van der Waals surface area contributed by atoms with Gasteiger partial charge in [0.25, 0.3) is 0 Å². The zero-order valence-corrected chi connectivity index (χ0v) is 19.0. The Kier molecular flexibility index (Phi) is 8.95. The molecule has 0 N–H and O–H groups in total. The van der Waals surface area contributed by atoms with Gasteiger partial charge in [-0.2, -0.15) is 0 Å². The largest absolute Gasteiger partial charge is 0.489 e. The SMILES string of the molecule is CC(COC(C)(C)C)OCC#Cc1ccc(OC2CC(O[C@@H](C)C(C)C)C2)cn1. The van der Waals surface area contributed by atoms with Crippen LogP contribution in [0.5, 0.6) is 5.75 Å². The van der Waals surface area contributed by atoms with Gasteiger partial charge in [0.1, 0.15) is 24.2 Å². The normalized spacial score (nSPS) is 21.1. The molecule has 2 rings (SSSR count). The van der Waals surface area contributed by atoms with E-state index >= 15 is 0 Å². The van der Waals surface area contributed by atoms with E-state index in [-0.39, 0.29) is 17.8 Å². The fourth-order valence-electron chi connectivity index (χ4n) is 2.63. The summed E-state index contributed by atoms with van der Waals surface area (Å²) >= 11 is 0. The third-order valence-corrected chi connectivity index (χ3v) is 4.84. The average molecular weight is 404 g/mol. The molecule has 1 aliphatic carbocycles. The molecule has 1 unspecified atom stereocenters. The van der Waals surface area contributed by atoms with E-state index in [4.69, 9.17) is 18.9 Å². The van der Waals surface area contributed by atoms with Crippen LogP contribution in [0.1, 0.15) is 67.0 Å². The van der Waals surface area contributed by atoms with Gasteiger partial charge < -0.3 is 18.9 Å². The number of nitrogens with zero attached hydrogens (tertiary/aromatic N) is 1. The molecule has 0 aromatic carbocycles. The van der Waals surface area contributed by atoms with Gasteiger partial charge in [0, 0.05) is 12.8 Å². The van der Waals surface area contributed by atoms with Crippen molar-refractivity contribution in [3.05, 3.63) is 24.0 Å². The van der Waals surface area contributed by atoms with Crippen LogP contribution in [-0.2, 0) is 14.2 Å². The van der Waals surface area contributed by atoms with Crippen molar-refractivity contribution in [2.24, 2.45) is 5.92 Å². The van der Waals surface area contributed by atoms with Crippen molar-refractivity contribution in [1.82, 2.24) is 4.98 Å². The smallest absolute Gasteiger partial charge is 0.138 e. The van der Waals surface area contributed by atoms with E-state index in [0.717, 1.165) is 18.6 Å². The first-order valence-corrected chi connectivity index (χ1v) is 10.6. The van der Waals surface area contributed by atoms with Crippen molar-refractivity contribution in [3.8, 4) is 17.6 Å². The molecule has 5 nitrogen and oxygen atoms in total. The monoisotopic (exact) mass is 403 g/mol. The van der Waals surface area contributed by atoms with Gasteiger partial charge in [-0.3, -0.25) is 0 Å². The summed E-state index contributed by atoms with van der Waals surface area (Å²) in [5.74, 6) is 7.33. The minimum absolute atomic E-state index is 0.00562. The fraction of sp³-hybridized carbons (Fsp3) is 0.708. The van der Waals surface area contributed by atoms with Crippen LogP contribution in [-0.4, -0.2) is 48.2 Å². The third kappa shape index (κ3) is 9.16. The molecule has 2 atom stereocenters. The number of pyridine rings is 1. The van der Waals surface area contributed by atoms with E-state index in [1.807, 2.05) is 39.8 Å². The lowest BCUT2D eigenvalue weighted by Gasteiger charge is -2.37. The van der Waals surface area contributed by atoms with Gasteiger partial charge in [-0.05, 0) is 58.6 Å². The summed E-state index contributed by atoms with van der Waals surface area (Å²) in [4.78, 5) is 4.36. The Morgan fingerprint density at radius 1 is 1.10 bits per heavy atom. The molecule has 1 fully saturated rings. The Hall–Kier alpha value is -1.61. The number of aromatic nitrogens is 1. The lowest BCUT2D eigenvalue weighted by Crippen LogP contribution is -2.41. The minimum atomic E-state index is -0.156. The van der Waals surface area contributed by atoms with Crippen LogP contribution in [0.4, 0.5) is 0 Å². The van der Waals surface area contributed by atoms with Crippen molar-refractivity contribution < 1.29 is 18.9 Å². The molecule has 1 aliphatic rings. The lowest BCUT2D eigenvalue weighted by atomic mass is 9.91. The van der Waals surface area contributed by atoms with Crippen molar-refractivity contribution in [3.63, 3.8) is 0 Å². The molecule has 1 aromatic rings. The summed E-state index contributed by atoms with van der Waals surface area (Å²) in [6, 6.07) is 3.80. The zero-order valence-electron chi connectivity index (χ0n) is 19.0. The minimum Gasteiger partial charge on any atom is -0.489 e. The molecule has 0 saturated heterocycles. The van der Waals surface area contributed by atoms with Gasteiger partial charge in [0.2, 0.25) is 0 Å². The first kappa shape index (κ1) is 23.7. The van der Waals surface area contributed by atoms with E-state index in [0.29, 0.717) is 37.0 Å². The fourth-order valence-corrected chi connectivity index (χ4v) is 2.63. The first-order chi connectivity index (χ1) is 13.6. The standard InChI is InChI=1S/C24H37NO4/c1-17(2)19(4)28-22-13-23(14-22)29-21-11-10-20(25-15-21)9-8-12-26-18(3)16-27-24(5,6)7/h10-11,15,17-19,22-23H,12-14,16H2,1-7H3/t18?,19-,22?,23?/m0/s1. The van der Waals surface area contributed by atoms with Crippen LogP contribution >= 0.6 is 0 Å². The molecule has 29 heavy (non-hydrogen) atoms. The number of hydrogen-bond donors (Lipinski definition) is 0. The van der Waals surface area contributed by atoms with Gasteiger partial charge in [-0.1, -0.05) is 19.8 Å². The van der Waals surface area contributed by atoms with E-state index in [9.17, 15) is 0 Å². The summed E-state index contributed by atoms with van der Waals surface area (Å²) in [7, 11) is 0. The molecule has 162 valence electrons. The quantitative estimate of drug-likeness (QED) is 0.563. The molecule has 0 radical (unpaired) electrons. The van der Waals surface area contributed by atoms with Crippen molar-refractivity contribution in [2.75, 3.05) is 13.2 Å². The second-order valence-corrected chi connectivity index (χ2v) is 9.14. The summed E-state index contributed by atoms with van der Waals surface area (Å²) in [5, 5.41) is 0. The number of hydrogen-bond acceptors (Lipinski definition) is 5. The number of ether oxygens (including phenoxy) is 4. The molecule has 0 spiro atoms. The molecule has 1 saturated carbocycles. The van der Waals surface area contributed by atoms with E-state index in [2.05, 4.69) is 37.6 Å². The average Bonchev–Trinajstić information content (AvgIpc) is 2.62. The molecule has 0 bridgehead atoms. The highest BCUT2D eigenvalue weighted by molar-refractivity contribution is 5.31. The molecule has 0 amide bonds. The predicted octanol–water partition coefficient (Wildman–Crippen LogP) is 4.62. The van der Waals surface area contributed by atoms with E-state index in [1.165, 1.54) is 0 Å². The highest BCUT2D eigenvalue weighted by Gasteiger charge is 2.33. The highest BCUT2D eigenvalue weighted by Crippen LogP contribution is 2.29. The van der Waals surface area contributed by atoms with Crippen LogP contribution in [0, 0.1) is 17.8 Å². The van der Waals surface area contributed by atoms with Crippen molar-refractivity contribution in [1.29, 1.82) is 0 Å². The third-order valence-electron chi connectivity index (χ3n) is 4.84. The van der Waals surface area contributed by atoms with E-state index in [1.54, 1.807) is 6.20 Å². The summed E-state index contributed by atoms with van der Waals surface area (Å²) in [5.41, 5.74) is 0.553.